The molecule has 1 aliphatic rings. The van der Waals surface area contributed by atoms with E-state index in [4.69, 9.17) is 4.52 Å². The van der Waals surface area contributed by atoms with Crippen molar-refractivity contribution in [2.75, 3.05) is 0 Å². The summed E-state index contributed by atoms with van der Waals surface area (Å²) in [6.45, 7) is 3.59. The molecular formula is C12H17N5O. The van der Waals surface area contributed by atoms with E-state index >= 15 is 0 Å². The van der Waals surface area contributed by atoms with E-state index in [-0.39, 0.29) is 0 Å². The van der Waals surface area contributed by atoms with Crippen LogP contribution in [0.5, 0.6) is 0 Å². The molecule has 1 N–H and O–H groups in total. The predicted molar refractivity (Wildman–Crippen MR) is 64.8 cm³/mol. The molecule has 0 aromatic carbocycles. The van der Waals surface area contributed by atoms with Crippen molar-refractivity contribution in [3.63, 3.8) is 0 Å². The molecule has 2 aromatic rings. The van der Waals surface area contributed by atoms with E-state index in [1.165, 1.54) is 12.8 Å². The molecule has 1 fully saturated rings. The summed E-state index contributed by atoms with van der Waals surface area (Å²) < 4.78 is 7.11. The Bertz CT molecular complexity index is 488. The van der Waals surface area contributed by atoms with Crippen LogP contribution in [0.15, 0.2) is 23.0 Å². The first-order chi connectivity index (χ1) is 8.81. The zero-order chi connectivity index (χ0) is 12.4. The van der Waals surface area contributed by atoms with Crippen LogP contribution in [0.1, 0.15) is 37.4 Å². The van der Waals surface area contributed by atoms with Crippen LogP contribution in [0.2, 0.25) is 0 Å². The Balaban J connectivity index is 1.47. The van der Waals surface area contributed by atoms with Gasteiger partial charge in [-0.1, -0.05) is 5.16 Å². The van der Waals surface area contributed by atoms with Crippen molar-refractivity contribution >= 4 is 0 Å². The van der Waals surface area contributed by atoms with Gasteiger partial charge in [-0.25, -0.2) is 0 Å². The van der Waals surface area contributed by atoms with Gasteiger partial charge in [0.1, 0.15) is 0 Å². The molecule has 0 bridgehead atoms. The summed E-state index contributed by atoms with van der Waals surface area (Å²) in [7, 11) is 0. The van der Waals surface area contributed by atoms with Gasteiger partial charge in [-0.15, -0.1) is 0 Å². The lowest BCUT2D eigenvalue weighted by molar-refractivity contribution is 0.369. The fourth-order valence-corrected chi connectivity index (χ4v) is 1.85. The Morgan fingerprint density at radius 2 is 2.44 bits per heavy atom. The normalized spacial score (nSPS) is 16.9. The van der Waals surface area contributed by atoms with Crippen molar-refractivity contribution in [3.8, 4) is 0 Å². The van der Waals surface area contributed by atoms with Crippen LogP contribution in [0, 0.1) is 0 Å². The predicted octanol–water partition coefficient (Wildman–Crippen LogP) is 1.32. The van der Waals surface area contributed by atoms with Gasteiger partial charge in [0.25, 0.3) is 0 Å². The molecule has 0 radical (unpaired) electrons. The van der Waals surface area contributed by atoms with Crippen LogP contribution in [-0.2, 0) is 13.1 Å². The lowest BCUT2D eigenvalue weighted by Gasteiger charge is -2.11. The second-order valence-corrected chi connectivity index (χ2v) is 4.83. The van der Waals surface area contributed by atoms with Gasteiger partial charge in [-0.05, 0) is 25.8 Å². The molecule has 3 rings (SSSR count). The highest BCUT2D eigenvalue weighted by molar-refractivity contribution is 5.01. The summed E-state index contributed by atoms with van der Waals surface area (Å²) in [4.78, 5) is 4.38. The molecule has 6 nitrogen and oxygen atoms in total. The van der Waals surface area contributed by atoms with Crippen LogP contribution in [0.3, 0.4) is 0 Å². The zero-order valence-corrected chi connectivity index (χ0v) is 10.4. The minimum atomic E-state index is 0.313. The minimum absolute atomic E-state index is 0.313. The molecule has 96 valence electrons. The van der Waals surface area contributed by atoms with Gasteiger partial charge in [0.2, 0.25) is 5.89 Å². The fourth-order valence-electron chi connectivity index (χ4n) is 1.85. The SMILES string of the molecule is CC(Cn1cccn1)NCc1noc(C2CC2)n1. The summed E-state index contributed by atoms with van der Waals surface area (Å²) in [5.41, 5.74) is 0. The highest BCUT2D eigenvalue weighted by Gasteiger charge is 2.29. The molecule has 2 aromatic heterocycles. The van der Waals surface area contributed by atoms with Gasteiger partial charge in [-0.2, -0.15) is 10.1 Å². The quantitative estimate of drug-likeness (QED) is 0.833. The third kappa shape index (κ3) is 2.76. The van der Waals surface area contributed by atoms with E-state index in [9.17, 15) is 0 Å². The van der Waals surface area contributed by atoms with Crippen molar-refractivity contribution in [3.05, 3.63) is 30.2 Å². The maximum atomic E-state index is 5.21. The van der Waals surface area contributed by atoms with Gasteiger partial charge in [0.15, 0.2) is 5.82 Å². The monoisotopic (exact) mass is 247 g/mol. The first kappa shape index (κ1) is 11.4. The average molecular weight is 247 g/mol. The molecule has 1 unspecified atom stereocenters. The molecule has 0 aliphatic heterocycles. The van der Waals surface area contributed by atoms with Gasteiger partial charge in [-0.3, -0.25) is 4.68 Å². The molecule has 6 heteroatoms. The highest BCUT2D eigenvalue weighted by atomic mass is 16.5. The van der Waals surface area contributed by atoms with Gasteiger partial charge >= 0.3 is 0 Å². The Hall–Kier alpha value is -1.69. The second kappa shape index (κ2) is 4.89. The van der Waals surface area contributed by atoms with E-state index in [1.54, 1.807) is 6.20 Å². The van der Waals surface area contributed by atoms with Gasteiger partial charge < -0.3 is 9.84 Å². The number of nitrogens with one attached hydrogen (secondary N) is 1. The number of rotatable bonds is 6. The average Bonchev–Trinajstić information content (AvgIpc) is 2.90. The lowest BCUT2D eigenvalue weighted by Crippen LogP contribution is -2.30. The van der Waals surface area contributed by atoms with E-state index in [0.29, 0.717) is 18.5 Å². The van der Waals surface area contributed by atoms with Gasteiger partial charge in [0, 0.05) is 24.4 Å². The van der Waals surface area contributed by atoms with Crippen molar-refractivity contribution in [2.45, 2.75) is 44.8 Å². The lowest BCUT2D eigenvalue weighted by atomic mass is 10.3. The smallest absolute Gasteiger partial charge is 0.229 e. The van der Waals surface area contributed by atoms with Crippen LogP contribution in [0.4, 0.5) is 0 Å². The summed E-state index contributed by atoms with van der Waals surface area (Å²) >= 11 is 0. The highest BCUT2D eigenvalue weighted by Crippen LogP contribution is 2.38. The molecule has 18 heavy (non-hydrogen) atoms. The maximum absolute atomic E-state index is 5.21. The zero-order valence-electron chi connectivity index (χ0n) is 10.4. The summed E-state index contributed by atoms with van der Waals surface area (Å²) in [5.74, 6) is 2.06. The molecular weight excluding hydrogens is 230 g/mol. The topological polar surface area (TPSA) is 68.8 Å². The van der Waals surface area contributed by atoms with Crippen molar-refractivity contribution in [1.29, 1.82) is 0 Å². The van der Waals surface area contributed by atoms with Crippen LogP contribution in [-0.4, -0.2) is 26.0 Å². The van der Waals surface area contributed by atoms with Crippen LogP contribution >= 0.6 is 0 Å². The van der Waals surface area contributed by atoms with Crippen LogP contribution < -0.4 is 5.32 Å². The third-order valence-corrected chi connectivity index (χ3v) is 3.04. The maximum Gasteiger partial charge on any atom is 0.229 e. The van der Waals surface area contributed by atoms with E-state index < -0.39 is 0 Å². The number of hydrogen-bond donors (Lipinski definition) is 1. The molecule has 1 aliphatic carbocycles. The standard InChI is InChI=1S/C12H17N5O/c1-9(8-17-6-2-5-14-17)13-7-11-15-12(18-16-11)10-3-4-10/h2,5-6,9-10,13H,3-4,7-8H2,1H3. The van der Waals surface area contributed by atoms with E-state index in [2.05, 4.69) is 27.5 Å². The largest absolute Gasteiger partial charge is 0.339 e. The number of nitrogens with zero attached hydrogens (tertiary/aromatic N) is 4. The van der Waals surface area contributed by atoms with Crippen molar-refractivity contribution in [2.24, 2.45) is 0 Å². The van der Waals surface area contributed by atoms with Crippen LogP contribution in [0.25, 0.3) is 0 Å². The minimum Gasteiger partial charge on any atom is -0.339 e. The van der Waals surface area contributed by atoms with Crippen molar-refractivity contribution < 1.29 is 4.52 Å². The van der Waals surface area contributed by atoms with Crippen molar-refractivity contribution in [1.82, 2.24) is 25.2 Å². The molecule has 1 saturated carbocycles. The van der Waals surface area contributed by atoms with E-state index in [0.717, 1.165) is 18.3 Å². The summed E-state index contributed by atoms with van der Waals surface area (Å²) in [6, 6.07) is 2.24. The first-order valence-corrected chi connectivity index (χ1v) is 6.34. The molecule has 1 atom stereocenters. The summed E-state index contributed by atoms with van der Waals surface area (Å²) in [6.07, 6.45) is 6.11. The fraction of sp³-hybridized carbons (Fsp3) is 0.583. The van der Waals surface area contributed by atoms with E-state index in [1.807, 2.05) is 16.9 Å². The molecule has 0 saturated heterocycles. The molecule has 0 amide bonds. The first-order valence-electron chi connectivity index (χ1n) is 6.34. The third-order valence-electron chi connectivity index (χ3n) is 3.04. The molecule has 0 spiro atoms. The Kier molecular flexibility index (Phi) is 3.10. The number of hydrogen-bond acceptors (Lipinski definition) is 5. The molecule has 2 heterocycles. The second-order valence-electron chi connectivity index (χ2n) is 4.83. The Morgan fingerprint density at radius 3 is 3.17 bits per heavy atom. The Labute approximate surface area is 105 Å². The number of aromatic nitrogens is 4. The Morgan fingerprint density at radius 1 is 1.56 bits per heavy atom. The van der Waals surface area contributed by atoms with Gasteiger partial charge in [0.05, 0.1) is 13.1 Å². The summed E-state index contributed by atoms with van der Waals surface area (Å²) in [5, 5.41) is 11.5.